The molecule has 1 amide bonds. The lowest BCUT2D eigenvalue weighted by atomic mass is 9.99. The summed E-state index contributed by atoms with van der Waals surface area (Å²) >= 11 is 5.93. The van der Waals surface area contributed by atoms with Gasteiger partial charge in [0.1, 0.15) is 5.76 Å². The molecule has 2 heterocycles. The number of benzene rings is 2. The van der Waals surface area contributed by atoms with Gasteiger partial charge in [-0.05, 0) is 62.6 Å². The molecule has 0 spiro atoms. The second kappa shape index (κ2) is 6.61. The maximum atomic E-state index is 13.1. The summed E-state index contributed by atoms with van der Waals surface area (Å²) in [6.45, 7) is 4.54. The van der Waals surface area contributed by atoms with Crippen LogP contribution in [0.3, 0.4) is 0 Å². The maximum absolute atomic E-state index is 13.1. The van der Waals surface area contributed by atoms with E-state index in [1.54, 1.807) is 19.1 Å². The number of halogens is 1. The van der Waals surface area contributed by atoms with Crippen molar-refractivity contribution in [1.29, 1.82) is 0 Å². The summed E-state index contributed by atoms with van der Waals surface area (Å²) in [4.78, 5) is 19.4. The van der Waals surface area contributed by atoms with Gasteiger partial charge in [-0.3, -0.25) is 4.79 Å². The Morgan fingerprint density at radius 3 is 2.69 bits per heavy atom. The molecule has 2 aromatic carbocycles. The van der Waals surface area contributed by atoms with Gasteiger partial charge in [0.2, 0.25) is 5.89 Å². The summed E-state index contributed by atoms with van der Waals surface area (Å²) < 4.78 is 5.76. The number of oxazole rings is 1. The summed E-state index contributed by atoms with van der Waals surface area (Å²) in [7, 11) is 0. The van der Waals surface area contributed by atoms with Crippen molar-refractivity contribution >= 4 is 23.2 Å². The SMILES string of the molecule is Cc1ccc2c(c1)CCCN2C(=O)c1nc(-c2ccc(Cl)cc2)oc1C. The molecule has 0 unspecified atom stereocenters. The summed E-state index contributed by atoms with van der Waals surface area (Å²) in [6.07, 6.45) is 1.94. The number of nitrogens with zero attached hydrogens (tertiary/aromatic N) is 2. The van der Waals surface area contributed by atoms with Crippen LogP contribution in [0.4, 0.5) is 5.69 Å². The fourth-order valence-electron chi connectivity index (χ4n) is 3.38. The van der Waals surface area contributed by atoms with Crippen LogP contribution in [0.15, 0.2) is 46.9 Å². The Hall–Kier alpha value is -2.59. The van der Waals surface area contributed by atoms with E-state index < -0.39 is 0 Å². The Kier molecular flexibility index (Phi) is 4.29. The zero-order valence-electron chi connectivity index (χ0n) is 14.8. The molecular formula is C21H19ClN2O2. The number of carbonyl (C=O) groups excluding carboxylic acids is 1. The van der Waals surface area contributed by atoms with E-state index in [0.717, 1.165) is 24.1 Å². The third-order valence-corrected chi connectivity index (χ3v) is 4.94. The lowest BCUT2D eigenvalue weighted by Gasteiger charge is -2.29. The minimum absolute atomic E-state index is 0.115. The Morgan fingerprint density at radius 2 is 1.92 bits per heavy atom. The van der Waals surface area contributed by atoms with Crippen LogP contribution in [0.25, 0.3) is 11.5 Å². The number of carbonyl (C=O) groups is 1. The molecule has 0 saturated heterocycles. The number of amides is 1. The van der Waals surface area contributed by atoms with Crippen molar-refractivity contribution in [3.63, 3.8) is 0 Å². The van der Waals surface area contributed by atoms with Crippen molar-refractivity contribution in [2.45, 2.75) is 26.7 Å². The van der Waals surface area contributed by atoms with Gasteiger partial charge in [-0.15, -0.1) is 0 Å². The molecule has 0 N–H and O–H groups in total. The molecule has 0 saturated carbocycles. The first kappa shape index (κ1) is 16.9. The Balaban J connectivity index is 1.69. The van der Waals surface area contributed by atoms with Crippen LogP contribution in [0.5, 0.6) is 0 Å². The number of aromatic nitrogens is 1. The Bertz CT molecular complexity index is 976. The third kappa shape index (κ3) is 3.01. The lowest BCUT2D eigenvalue weighted by molar-refractivity contribution is 0.0979. The van der Waals surface area contributed by atoms with Gasteiger partial charge in [-0.2, -0.15) is 0 Å². The van der Waals surface area contributed by atoms with Crippen molar-refractivity contribution in [1.82, 2.24) is 4.98 Å². The average molecular weight is 367 g/mol. The average Bonchev–Trinajstić information content (AvgIpc) is 3.02. The Morgan fingerprint density at radius 1 is 1.15 bits per heavy atom. The fraction of sp³-hybridized carbons (Fsp3) is 0.238. The van der Waals surface area contributed by atoms with E-state index in [4.69, 9.17) is 16.0 Å². The van der Waals surface area contributed by atoms with E-state index in [9.17, 15) is 4.79 Å². The topological polar surface area (TPSA) is 46.3 Å². The quantitative estimate of drug-likeness (QED) is 0.625. The van der Waals surface area contributed by atoms with Gasteiger partial charge in [0.25, 0.3) is 5.91 Å². The Labute approximate surface area is 157 Å². The van der Waals surface area contributed by atoms with Crippen LogP contribution >= 0.6 is 11.6 Å². The van der Waals surface area contributed by atoms with Crippen molar-refractivity contribution in [3.8, 4) is 11.5 Å². The molecule has 3 aromatic rings. The van der Waals surface area contributed by atoms with Gasteiger partial charge >= 0.3 is 0 Å². The van der Waals surface area contributed by atoms with Gasteiger partial charge in [-0.25, -0.2) is 4.98 Å². The first-order valence-corrected chi connectivity index (χ1v) is 9.05. The molecule has 26 heavy (non-hydrogen) atoms. The van der Waals surface area contributed by atoms with Gasteiger partial charge < -0.3 is 9.32 Å². The molecule has 0 bridgehead atoms. The molecule has 5 heteroatoms. The van der Waals surface area contributed by atoms with Crippen LogP contribution in [0.1, 0.15) is 33.8 Å². The normalized spacial score (nSPS) is 13.6. The highest BCUT2D eigenvalue weighted by molar-refractivity contribution is 6.30. The first-order chi connectivity index (χ1) is 12.5. The number of aryl methyl sites for hydroxylation is 3. The van der Waals surface area contributed by atoms with Crippen LogP contribution in [-0.2, 0) is 6.42 Å². The molecule has 1 aromatic heterocycles. The number of fused-ring (bicyclic) bond motifs is 1. The molecule has 1 aliphatic heterocycles. The van der Waals surface area contributed by atoms with E-state index in [1.807, 2.05) is 29.2 Å². The van der Waals surface area contributed by atoms with E-state index in [2.05, 4.69) is 18.0 Å². The summed E-state index contributed by atoms with van der Waals surface area (Å²) in [5.74, 6) is 0.846. The maximum Gasteiger partial charge on any atom is 0.280 e. The minimum atomic E-state index is -0.115. The van der Waals surface area contributed by atoms with Gasteiger partial charge in [-0.1, -0.05) is 29.3 Å². The summed E-state index contributed by atoms with van der Waals surface area (Å²) in [6, 6.07) is 13.4. The van der Waals surface area contributed by atoms with Crippen LogP contribution in [0.2, 0.25) is 5.02 Å². The predicted octanol–water partition coefficient (Wildman–Crippen LogP) is 5.20. The molecule has 4 nitrogen and oxygen atoms in total. The zero-order valence-corrected chi connectivity index (χ0v) is 15.5. The van der Waals surface area contributed by atoms with E-state index in [1.165, 1.54) is 11.1 Å². The molecule has 132 valence electrons. The fourth-order valence-corrected chi connectivity index (χ4v) is 3.50. The molecule has 1 aliphatic rings. The smallest absolute Gasteiger partial charge is 0.280 e. The highest BCUT2D eigenvalue weighted by Gasteiger charge is 2.28. The number of hydrogen-bond donors (Lipinski definition) is 0. The van der Waals surface area contributed by atoms with Crippen molar-refractivity contribution in [3.05, 3.63) is 70.1 Å². The third-order valence-electron chi connectivity index (χ3n) is 4.69. The van der Waals surface area contributed by atoms with E-state index in [-0.39, 0.29) is 5.91 Å². The largest absolute Gasteiger partial charge is 0.441 e. The van der Waals surface area contributed by atoms with Crippen molar-refractivity contribution in [2.24, 2.45) is 0 Å². The highest BCUT2D eigenvalue weighted by Crippen LogP contribution is 2.31. The molecule has 0 fully saturated rings. The minimum Gasteiger partial charge on any atom is -0.441 e. The van der Waals surface area contributed by atoms with E-state index >= 15 is 0 Å². The molecule has 0 radical (unpaired) electrons. The van der Waals surface area contributed by atoms with Crippen molar-refractivity contribution in [2.75, 3.05) is 11.4 Å². The summed E-state index contributed by atoms with van der Waals surface area (Å²) in [5.41, 5.74) is 4.56. The number of hydrogen-bond acceptors (Lipinski definition) is 3. The van der Waals surface area contributed by atoms with Gasteiger partial charge in [0.15, 0.2) is 5.69 Å². The second-order valence-corrected chi connectivity index (χ2v) is 7.06. The number of anilines is 1. The van der Waals surface area contributed by atoms with Crippen LogP contribution in [-0.4, -0.2) is 17.4 Å². The standard InChI is InChI=1S/C21H19ClN2O2/c1-13-5-10-18-16(12-13)4-3-11-24(18)21(25)19-14(2)26-20(23-19)15-6-8-17(22)9-7-15/h5-10,12H,3-4,11H2,1-2H3. The van der Waals surface area contributed by atoms with Crippen molar-refractivity contribution < 1.29 is 9.21 Å². The van der Waals surface area contributed by atoms with Gasteiger partial charge in [0.05, 0.1) is 0 Å². The van der Waals surface area contributed by atoms with E-state index in [0.29, 0.717) is 28.9 Å². The molecular weight excluding hydrogens is 348 g/mol. The second-order valence-electron chi connectivity index (χ2n) is 6.62. The highest BCUT2D eigenvalue weighted by atomic mass is 35.5. The monoisotopic (exact) mass is 366 g/mol. The molecule has 0 atom stereocenters. The molecule has 4 rings (SSSR count). The summed E-state index contributed by atoms with van der Waals surface area (Å²) in [5, 5.41) is 0.647. The molecule has 0 aliphatic carbocycles. The first-order valence-electron chi connectivity index (χ1n) is 8.67. The predicted molar refractivity (Wildman–Crippen MR) is 103 cm³/mol. The lowest BCUT2D eigenvalue weighted by Crippen LogP contribution is -2.36. The van der Waals surface area contributed by atoms with Gasteiger partial charge in [0, 0.05) is 22.8 Å². The number of rotatable bonds is 2. The van der Waals surface area contributed by atoms with Crippen LogP contribution in [0, 0.1) is 13.8 Å². The van der Waals surface area contributed by atoms with Crippen LogP contribution < -0.4 is 4.90 Å². The zero-order chi connectivity index (χ0) is 18.3.